The number of rotatable bonds is 5. The molecule has 1 heterocycles. The first kappa shape index (κ1) is 18.6. The SMILES string of the molecule is CC(=O)c1cccc(NC(=O)Nc2cnn(Cc3ccc(F)cc3Cl)c2)c1. The predicted molar refractivity (Wildman–Crippen MR) is 102 cm³/mol. The average Bonchev–Trinajstić information content (AvgIpc) is 3.04. The minimum absolute atomic E-state index is 0.0835. The minimum atomic E-state index is -0.463. The average molecular weight is 387 g/mol. The van der Waals surface area contributed by atoms with Crippen molar-refractivity contribution >= 4 is 34.8 Å². The van der Waals surface area contributed by atoms with E-state index in [1.807, 2.05) is 0 Å². The summed E-state index contributed by atoms with van der Waals surface area (Å²) < 4.78 is 14.7. The van der Waals surface area contributed by atoms with Gasteiger partial charge in [0.2, 0.25) is 0 Å². The molecular formula is C19H16ClFN4O2. The van der Waals surface area contributed by atoms with Gasteiger partial charge in [0.1, 0.15) is 5.82 Å². The topological polar surface area (TPSA) is 76.0 Å². The Balaban J connectivity index is 1.62. The van der Waals surface area contributed by atoms with Gasteiger partial charge in [-0.3, -0.25) is 9.48 Å². The number of aromatic nitrogens is 2. The van der Waals surface area contributed by atoms with Crippen LogP contribution in [0.1, 0.15) is 22.8 Å². The van der Waals surface area contributed by atoms with E-state index in [-0.39, 0.29) is 5.78 Å². The molecule has 0 unspecified atom stereocenters. The van der Waals surface area contributed by atoms with E-state index < -0.39 is 11.8 Å². The fourth-order valence-electron chi connectivity index (χ4n) is 2.45. The molecule has 27 heavy (non-hydrogen) atoms. The van der Waals surface area contributed by atoms with Gasteiger partial charge in [-0.25, -0.2) is 9.18 Å². The Hall–Kier alpha value is -3.19. The first-order valence-electron chi connectivity index (χ1n) is 8.06. The van der Waals surface area contributed by atoms with Crippen LogP contribution in [0, 0.1) is 5.82 Å². The summed E-state index contributed by atoms with van der Waals surface area (Å²) in [4.78, 5) is 23.5. The zero-order valence-corrected chi connectivity index (χ0v) is 15.1. The summed E-state index contributed by atoms with van der Waals surface area (Å²) in [5.41, 5.74) is 2.20. The Labute approximate surface area is 160 Å². The molecule has 0 saturated carbocycles. The second kappa shape index (κ2) is 8.01. The van der Waals surface area contributed by atoms with Crippen LogP contribution in [0.5, 0.6) is 0 Å². The van der Waals surface area contributed by atoms with Crippen LogP contribution >= 0.6 is 11.6 Å². The number of nitrogens with one attached hydrogen (secondary N) is 2. The summed E-state index contributed by atoms with van der Waals surface area (Å²) in [6.07, 6.45) is 3.12. The van der Waals surface area contributed by atoms with Crippen LogP contribution in [0.25, 0.3) is 0 Å². The standard InChI is InChI=1S/C19H16ClFN4O2/c1-12(26)13-3-2-4-16(7-13)23-19(27)24-17-9-22-25(11-17)10-14-5-6-15(21)8-18(14)20/h2-9,11H,10H2,1H3,(H2,23,24,27). The number of carbonyl (C=O) groups is 2. The Morgan fingerprint density at radius 1 is 1.15 bits per heavy atom. The highest BCUT2D eigenvalue weighted by Gasteiger charge is 2.08. The molecule has 0 fully saturated rings. The van der Waals surface area contributed by atoms with E-state index in [1.165, 1.54) is 25.3 Å². The number of anilines is 2. The summed E-state index contributed by atoms with van der Waals surface area (Å²) in [6.45, 7) is 1.80. The normalized spacial score (nSPS) is 10.5. The maximum Gasteiger partial charge on any atom is 0.323 e. The first-order chi connectivity index (χ1) is 12.9. The van der Waals surface area contributed by atoms with Crippen LogP contribution in [-0.2, 0) is 6.54 Å². The van der Waals surface area contributed by atoms with Crippen molar-refractivity contribution in [3.63, 3.8) is 0 Å². The maximum atomic E-state index is 13.1. The highest BCUT2D eigenvalue weighted by atomic mass is 35.5. The molecule has 0 aliphatic rings. The highest BCUT2D eigenvalue weighted by molar-refractivity contribution is 6.31. The highest BCUT2D eigenvalue weighted by Crippen LogP contribution is 2.19. The lowest BCUT2D eigenvalue weighted by Crippen LogP contribution is -2.19. The number of hydrogen-bond acceptors (Lipinski definition) is 3. The largest absolute Gasteiger partial charge is 0.323 e. The van der Waals surface area contributed by atoms with E-state index in [1.54, 1.807) is 41.2 Å². The lowest BCUT2D eigenvalue weighted by Gasteiger charge is -2.07. The van der Waals surface area contributed by atoms with E-state index in [4.69, 9.17) is 11.6 Å². The van der Waals surface area contributed by atoms with Crippen LogP contribution in [-0.4, -0.2) is 21.6 Å². The van der Waals surface area contributed by atoms with E-state index in [0.717, 1.165) is 0 Å². The van der Waals surface area contributed by atoms with E-state index >= 15 is 0 Å². The van der Waals surface area contributed by atoms with Crippen LogP contribution < -0.4 is 10.6 Å². The van der Waals surface area contributed by atoms with Gasteiger partial charge < -0.3 is 10.6 Å². The van der Waals surface area contributed by atoms with E-state index in [2.05, 4.69) is 15.7 Å². The quantitative estimate of drug-likeness (QED) is 0.630. The molecular weight excluding hydrogens is 371 g/mol. The number of halogens is 2. The van der Waals surface area contributed by atoms with Crippen LogP contribution in [0.3, 0.4) is 0 Å². The fraction of sp³-hybridized carbons (Fsp3) is 0.105. The Bertz CT molecular complexity index is 1000. The van der Waals surface area contributed by atoms with Crippen molar-refractivity contribution in [3.05, 3.63) is 76.8 Å². The van der Waals surface area contributed by atoms with Crippen molar-refractivity contribution < 1.29 is 14.0 Å². The number of hydrogen-bond donors (Lipinski definition) is 2. The second-order valence-corrected chi connectivity index (χ2v) is 6.29. The molecule has 0 bridgehead atoms. The van der Waals surface area contributed by atoms with E-state index in [9.17, 15) is 14.0 Å². The third kappa shape index (κ3) is 4.92. The lowest BCUT2D eigenvalue weighted by molar-refractivity contribution is 0.101. The number of benzene rings is 2. The zero-order valence-electron chi connectivity index (χ0n) is 14.4. The first-order valence-corrected chi connectivity index (χ1v) is 8.44. The van der Waals surface area contributed by atoms with Crippen molar-refractivity contribution in [2.75, 3.05) is 10.6 Å². The summed E-state index contributed by atoms with van der Waals surface area (Å²) in [6, 6.07) is 10.3. The molecule has 1 aromatic heterocycles. The van der Waals surface area contributed by atoms with Gasteiger partial charge >= 0.3 is 6.03 Å². The third-order valence-corrected chi connectivity index (χ3v) is 4.12. The van der Waals surface area contributed by atoms with Gasteiger partial charge in [-0.05, 0) is 36.8 Å². The van der Waals surface area contributed by atoms with Crippen LogP contribution in [0.15, 0.2) is 54.9 Å². The summed E-state index contributed by atoms with van der Waals surface area (Å²) in [5.74, 6) is -0.489. The van der Waals surface area contributed by atoms with Crippen molar-refractivity contribution in [3.8, 4) is 0 Å². The maximum absolute atomic E-state index is 13.1. The van der Waals surface area contributed by atoms with Crippen molar-refractivity contribution in [1.82, 2.24) is 9.78 Å². The molecule has 3 rings (SSSR count). The fourth-order valence-corrected chi connectivity index (χ4v) is 2.68. The summed E-state index contributed by atoms with van der Waals surface area (Å²) >= 11 is 6.01. The second-order valence-electron chi connectivity index (χ2n) is 5.88. The molecule has 2 N–H and O–H groups in total. The Morgan fingerprint density at radius 3 is 2.67 bits per heavy atom. The smallest absolute Gasteiger partial charge is 0.308 e. The van der Waals surface area contributed by atoms with Gasteiger partial charge in [0, 0.05) is 22.5 Å². The molecule has 0 saturated heterocycles. The number of amides is 2. The lowest BCUT2D eigenvalue weighted by atomic mass is 10.1. The van der Waals surface area contributed by atoms with Crippen molar-refractivity contribution in [2.24, 2.45) is 0 Å². The third-order valence-electron chi connectivity index (χ3n) is 3.77. The van der Waals surface area contributed by atoms with Crippen LogP contribution in [0.4, 0.5) is 20.6 Å². The summed E-state index contributed by atoms with van der Waals surface area (Å²) in [5, 5.41) is 9.77. The van der Waals surface area contributed by atoms with Gasteiger partial charge in [0.05, 0.1) is 18.4 Å². The van der Waals surface area contributed by atoms with Gasteiger partial charge in [-0.2, -0.15) is 5.10 Å². The van der Waals surface area contributed by atoms with Gasteiger partial charge in [-0.1, -0.05) is 29.8 Å². The van der Waals surface area contributed by atoms with Crippen molar-refractivity contribution in [2.45, 2.75) is 13.5 Å². The molecule has 0 aliphatic carbocycles. The molecule has 0 radical (unpaired) electrons. The molecule has 138 valence electrons. The molecule has 0 atom stereocenters. The van der Waals surface area contributed by atoms with E-state index in [0.29, 0.717) is 34.1 Å². The number of carbonyl (C=O) groups excluding carboxylic acids is 2. The monoisotopic (exact) mass is 386 g/mol. The molecule has 2 amide bonds. The number of ketones is 1. The Kier molecular flexibility index (Phi) is 5.52. The molecule has 6 nitrogen and oxygen atoms in total. The molecule has 8 heteroatoms. The number of urea groups is 1. The molecule has 2 aromatic carbocycles. The molecule has 3 aromatic rings. The zero-order chi connectivity index (χ0) is 19.4. The molecule has 0 spiro atoms. The van der Waals surface area contributed by atoms with Crippen molar-refractivity contribution in [1.29, 1.82) is 0 Å². The minimum Gasteiger partial charge on any atom is -0.308 e. The number of nitrogens with zero attached hydrogens (tertiary/aromatic N) is 2. The number of Topliss-reactive ketones (excluding diaryl/α,β-unsaturated/α-hetero) is 1. The van der Waals surface area contributed by atoms with Gasteiger partial charge in [-0.15, -0.1) is 0 Å². The van der Waals surface area contributed by atoms with Gasteiger partial charge in [0.25, 0.3) is 0 Å². The predicted octanol–water partition coefficient (Wildman–Crippen LogP) is 4.57. The summed E-state index contributed by atoms with van der Waals surface area (Å²) in [7, 11) is 0. The van der Waals surface area contributed by atoms with Crippen LogP contribution in [0.2, 0.25) is 5.02 Å². The Morgan fingerprint density at radius 2 is 1.93 bits per heavy atom. The van der Waals surface area contributed by atoms with Gasteiger partial charge in [0.15, 0.2) is 5.78 Å². The molecule has 0 aliphatic heterocycles.